The molecule has 0 spiro atoms. The number of thiophene rings is 6. The van der Waals surface area contributed by atoms with Crippen molar-refractivity contribution in [1.82, 2.24) is 9.80 Å². The number of hydrogen-bond donors (Lipinski definition) is 0. The van der Waals surface area contributed by atoms with Gasteiger partial charge >= 0.3 is 0 Å². The third-order valence-electron chi connectivity index (χ3n) is 25.7. The second-order valence-electron chi connectivity index (χ2n) is 35.2. The van der Waals surface area contributed by atoms with Crippen LogP contribution in [0.4, 0.5) is 0 Å². The Balaban J connectivity index is 1.11. The lowest BCUT2D eigenvalue weighted by atomic mass is 9.81. The van der Waals surface area contributed by atoms with E-state index in [0.29, 0.717) is 56.6 Å². The van der Waals surface area contributed by atoms with Crippen molar-refractivity contribution in [3.63, 3.8) is 0 Å². The molecule has 2 amide bonds. The largest absolute Gasteiger partial charge is 0.492 e. The molecule has 10 rings (SSSR count). The summed E-state index contributed by atoms with van der Waals surface area (Å²) in [7, 11) is 0. The summed E-state index contributed by atoms with van der Waals surface area (Å²) >= 11 is 25.7. The molecule has 0 radical (unpaired) electrons. The summed E-state index contributed by atoms with van der Waals surface area (Å²) in [5.74, 6) is 4.68. The first-order valence-electron chi connectivity index (χ1n) is 48.7. The molecule has 2 unspecified atom stereocenters. The van der Waals surface area contributed by atoms with Crippen molar-refractivity contribution in [2.45, 2.75) is 414 Å². The van der Waals surface area contributed by atoms with Gasteiger partial charge in [-0.1, -0.05) is 373 Å². The van der Waals surface area contributed by atoms with Crippen molar-refractivity contribution in [3.8, 4) is 71.8 Å². The first-order chi connectivity index (χ1) is 58.7. The molecule has 0 aliphatic carbocycles. The molecule has 2 atom stereocenters. The average Bonchev–Trinajstić information content (AvgIpc) is 1.56. The first-order valence-corrected chi connectivity index (χ1v) is 56.1. The lowest BCUT2D eigenvalue weighted by Crippen LogP contribution is -2.35. The van der Waals surface area contributed by atoms with Crippen molar-refractivity contribution in [2.24, 2.45) is 11.8 Å². The van der Waals surface area contributed by atoms with Crippen LogP contribution in [-0.2, 0) is 20.8 Å². The normalized spacial score (nSPS) is 16.0. The minimum Gasteiger partial charge on any atom is -0.492 e. The smallest absolute Gasteiger partial charge is 0.266 e. The molecule has 2 fully saturated rings. The zero-order valence-electron chi connectivity index (χ0n) is 75.8. The highest BCUT2D eigenvalue weighted by atomic mass is 32.2. The molecule has 6 aromatic rings. The molecule has 120 heavy (non-hydrogen) atoms. The quantitative estimate of drug-likeness (QED) is 0.0209. The van der Waals surface area contributed by atoms with E-state index in [9.17, 15) is 9.59 Å². The van der Waals surface area contributed by atoms with Crippen LogP contribution in [0, 0.1) is 11.8 Å². The van der Waals surface area contributed by atoms with Crippen LogP contribution in [-0.4, -0.2) is 56.6 Å². The topological polar surface area (TPSA) is 77.5 Å². The zero-order valence-corrected chi connectivity index (χ0v) is 84.0. The standard InChI is InChI=1S/C102H152N2O6S10/c1-11-21-27-31-35-39-43-47-51-55-61-101(62-56-52-48-44-40-36-32-28-22-12-2)79-69-85(115-91(79)95-83(109-101)71-87(117-95)93-81(107-73-75(17-7)59-25-15-5)65-77(113-93)67-89-97(105)103(19-9)99(111)119-89)86-70-80-92(116-86)96-84(110-102(80,63-57-53-49-45-41-37-33-29-23-13-3)64-58-54-50-46-42-38-34-30-24-14-4)72-88(118-96)94-82(108-74-76(18-8)60-26-16-6)66-78(114-94)68-90-98(106)104(20-10)100(112)120-90/h65-72,75-76H,11-64,73-74H2,1-10H3/b89-67-,90-68-. The molecule has 8 nitrogen and oxygen atoms in total. The molecule has 0 N–H and O–H groups in total. The summed E-state index contributed by atoms with van der Waals surface area (Å²) in [6, 6.07) is 14.5. The van der Waals surface area contributed by atoms with Crippen LogP contribution in [0.15, 0.2) is 46.2 Å². The summed E-state index contributed by atoms with van der Waals surface area (Å²) < 4.78 is 31.7. The van der Waals surface area contributed by atoms with Crippen molar-refractivity contribution < 1.29 is 28.5 Å². The minimum atomic E-state index is -0.505. The van der Waals surface area contributed by atoms with Gasteiger partial charge in [0, 0.05) is 55.9 Å². The van der Waals surface area contributed by atoms with Gasteiger partial charge in [-0.05, 0) is 126 Å². The van der Waals surface area contributed by atoms with Crippen molar-refractivity contribution in [3.05, 3.63) is 67.1 Å². The molecule has 18 heteroatoms. The Morgan fingerprint density at radius 1 is 0.342 bits per heavy atom. The van der Waals surface area contributed by atoms with E-state index in [4.69, 9.17) is 43.4 Å². The molecule has 4 aliphatic heterocycles. The maximum absolute atomic E-state index is 13.9. The van der Waals surface area contributed by atoms with Gasteiger partial charge in [-0.25, -0.2) is 0 Å². The van der Waals surface area contributed by atoms with E-state index in [1.54, 1.807) is 32.5 Å². The summed E-state index contributed by atoms with van der Waals surface area (Å²) in [5.41, 5.74) is 1.77. The van der Waals surface area contributed by atoms with Gasteiger partial charge in [-0.3, -0.25) is 19.4 Å². The van der Waals surface area contributed by atoms with E-state index in [1.165, 1.54) is 321 Å². The number of thioether (sulfide) groups is 2. The lowest BCUT2D eigenvalue weighted by Gasteiger charge is -2.38. The van der Waals surface area contributed by atoms with Crippen LogP contribution in [0.3, 0.4) is 0 Å². The molecule has 6 aromatic heterocycles. The Morgan fingerprint density at radius 2 is 0.625 bits per heavy atom. The molecule has 0 saturated carbocycles. The summed E-state index contributed by atoms with van der Waals surface area (Å²) in [6.45, 7) is 24.9. The number of likely N-dealkylation sites (N-methyl/N-ethyl adjacent to an activating group) is 2. The number of ether oxygens (including phenoxy) is 4. The third-order valence-corrected chi connectivity index (χ3v) is 36.0. The number of nitrogens with zero attached hydrogens (tertiary/aromatic N) is 2. The van der Waals surface area contributed by atoms with E-state index < -0.39 is 11.2 Å². The Hall–Kier alpha value is -3.30. The van der Waals surface area contributed by atoms with Crippen molar-refractivity contribution >= 4 is 149 Å². The van der Waals surface area contributed by atoms with Crippen LogP contribution in [0.25, 0.3) is 60.9 Å². The van der Waals surface area contributed by atoms with Gasteiger partial charge in [0.15, 0.2) is 0 Å². The van der Waals surface area contributed by atoms with E-state index in [1.807, 2.05) is 59.2 Å². The lowest BCUT2D eigenvalue weighted by molar-refractivity contribution is -0.122. The second-order valence-corrected chi connectivity index (χ2v) is 45.0. The number of hydrogen-bond acceptors (Lipinski definition) is 16. The molecule has 0 aromatic carbocycles. The monoisotopic (exact) mass is 1820 g/mol. The summed E-state index contributed by atoms with van der Waals surface area (Å²) in [4.78, 5) is 47.0. The van der Waals surface area contributed by atoms with Gasteiger partial charge in [0.05, 0.1) is 62.0 Å². The third kappa shape index (κ3) is 28.3. The highest BCUT2D eigenvalue weighted by Crippen LogP contribution is 2.63. The highest BCUT2D eigenvalue weighted by molar-refractivity contribution is 8.27. The van der Waals surface area contributed by atoms with Crippen LogP contribution < -0.4 is 18.9 Å². The Morgan fingerprint density at radius 3 is 0.900 bits per heavy atom. The zero-order chi connectivity index (χ0) is 84.9. The number of rotatable bonds is 65. The van der Waals surface area contributed by atoms with Crippen LogP contribution in [0.1, 0.15) is 424 Å². The van der Waals surface area contributed by atoms with Gasteiger partial charge in [0.1, 0.15) is 42.8 Å². The fourth-order valence-electron chi connectivity index (χ4n) is 18.1. The van der Waals surface area contributed by atoms with Gasteiger partial charge in [-0.2, -0.15) is 0 Å². The van der Waals surface area contributed by atoms with E-state index >= 15 is 0 Å². The molecular formula is C102H152N2O6S10. The average molecular weight is 1820 g/mol. The SMILES string of the molecule is CCCCCCCCCCCCC1(CCCCCCCCCCCC)Oc2cc(-c3sc(/C=C4\SC(=S)N(CC)C4=O)cc3OCC(CC)CCCC)sc2-c2sc(-c3cc4c(s3)-c3sc(-c5sc(/C=C6\SC(=S)N(CC)C6=O)cc5OCC(CC)CCCC)cc3OC4(CCCCCCCCCCCC)CCCCCCCCCCCC)cc21. The number of unbranched alkanes of at least 4 members (excludes halogenated alkanes) is 38. The van der Waals surface area contributed by atoms with Gasteiger partial charge < -0.3 is 18.9 Å². The van der Waals surface area contributed by atoms with Gasteiger partial charge in [0.25, 0.3) is 11.8 Å². The molecule has 666 valence electrons. The van der Waals surface area contributed by atoms with E-state index in [0.717, 1.165) is 129 Å². The van der Waals surface area contributed by atoms with Crippen molar-refractivity contribution in [2.75, 3.05) is 26.3 Å². The second kappa shape index (κ2) is 53.5. The predicted octanol–water partition coefficient (Wildman–Crippen LogP) is 36.4. The number of amides is 2. The molecule has 10 heterocycles. The van der Waals surface area contributed by atoms with Crippen LogP contribution in [0.2, 0.25) is 0 Å². The number of thiocarbonyl (C=S) groups is 2. The maximum atomic E-state index is 13.9. The first kappa shape index (κ1) is 98.9. The fraction of sp³-hybridized carbons (Fsp3) is 0.686. The Bertz CT molecular complexity index is 3810. The van der Waals surface area contributed by atoms with Crippen molar-refractivity contribution in [1.29, 1.82) is 0 Å². The molecule has 2 saturated heterocycles. The summed E-state index contributed by atoms with van der Waals surface area (Å²) in [5, 5.41) is 0. The fourth-order valence-corrected chi connectivity index (χ4v) is 28.3. The van der Waals surface area contributed by atoms with Gasteiger partial charge in [-0.15, -0.1) is 68.0 Å². The minimum absolute atomic E-state index is 0.0150. The van der Waals surface area contributed by atoms with Gasteiger partial charge in [0.2, 0.25) is 0 Å². The highest BCUT2D eigenvalue weighted by Gasteiger charge is 2.47. The van der Waals surface area contributed by atoms with E-state index in [-0.39, 0.29) is 11.8 Å². The molecular weight excluding hydrogens is 1670 g/mol. The number of carbonyl (C=O) groups is 2. The van der Waals surface area contributed by atoms with Crippen LogP contribution in [0.5, 0.6) is 23.0 Å². The van der Waals surface area contributed by atoms with Crippen LogP contribution >= 0.6 is 116 Å². The maximum Gasteiger partial charge on any atom is 0.266 e. The Kier molecular flexibility index (Phi) is 44.1. The molecule has 0 bridgehead atoms. The molecule has 4 aliphatic rings. The van der Waals surface area contributed by atoms with E-state index in [2.05, 4.69) is 104 Å². The number of carbonyl (C=O) groups excluding carboxylic acids is 2. The Labute approximate surface area is 771 Å². The predicted molar refractivity (Wildman–Crippen MR) is 540 cm³/mol. The summed E-state index contributed by atoms with van der Waals surface area (Å²) in [6.07, 6.45) is 69.0. The number of fused-ring (bicyclic) bond motifs is 6.